The predicted molar refractivity (Wildman–Crippen MR) is 183 cm³/mol. The van der Waals surface area contributed by atoms with Gasteiger partial charge in [0.15, 0.2) is 23.1 Å². The van der Waals surface area contributed by atoms with Crippen LogP contribution < -0.4 is 14.5 Å². The van der Waals surface area contributed by atoms with E-state index in [1.165, 1.54) is 18.1 Å². The van der Waals surface area contributed by atoms with Gasteiger partial charge in [0.1, 0.15) is 0 Å². The lowest BCUT2D eigenvalue weighted by atomic mass is 9.59. The van der Waals surface area contributed by atoms with E-state index in [1.54, 1.807) is 42.5 Å². The van der Waals surface area contributed by atoms with Crippen LogP contribution in [0.1, 0.15) is 24.3 Å². The van der Waals surface area contributed by atoms with Crippen LogP contribution in [0.3, 0.4) is 0 Å². The summed E-state index contributed by atoms with van der Waals surface area (Å²) in [6.07, 6.45) is 3.57. The minimum atomic E-state index is -0.788. The zero-order chi connectivity index (χ0) is 33.9. The summed E-state index contributed by atoms with van der Waals surface area (Å²) in [4.78, 5) is 58.3. The fourth-order valence-corrected chi connectivity index (χ4v) is 7.80. The summed E-state index contributed by atoms with van der Waals surface area (Å²) < 4.78 is 5.50. The molecule has 7 rings (SSSR count). The third-order valence-corrected chi connectivity index (χ3v) is 10.2. The first-order valence-electron chi connectivity index (χ1n) is 15.5. The third-order valence-electron chi connectivity index (χ3n) is 9.65. The Morgan fingerprint density at radius 1 is 0.896 bits per heavy atom. The average Bonchev–Trinajstić information content (AvgIpc) is 3.35. The Hall–Kier alpha value is -5.16. The molecule has 10 nitrogen and oxygen atoms in total. The second kappa shape index (κ2) is 12.1. The lowest BCUT2D eigenvalue weighted by molar-refractivity contribution is -0.123. The first-order chi connectivity index (χ1) is 23.1. The molecule has 11 heteroatoms. The van der Waals surface area contributed by atoms with E-state index in [-0.39, 0.29) is 63.4 Å². The molecule has 1 N–H and O–H groups in total. The van der Waals surface area contributed by atoms with Crippen LogP contribution in [-0.2, 0) is 19.2 Å². The highest BCUT2D eigenvalue weighted by molar-refractivity contribution is 9.12. The molecule has 242 valence electrons. The number of Topliss-reactive ketones (excluding diaryl/α,β-unsaturated/α-hetero) is 1. The number of anilines is 2. The number of phenols is 1. The van der Waals surface area contributed by atoms with E-state index in [0.717, 1.165) is 11.3 Å². The molecule has 2 amide bonds. The molecule has 0 aromatic heterocycles. The molecular formula is C37H31BrN4O6. The third kappa shape index (κ3) is 5.09. The van der Waals surface area contributed by atoms with Crippen LogP contribution in [0, 0.1) is 17.8 Å². The second-order valence-electron chi connectivity index (χ2n) is 12.4. The molecule has 48 heavy (non-hydrogen) atoms. The topological polar surface area (TPSA) is 129 Å². The lowest BCUT2D eigenvalue weighted by Crippen LogP contribution is -2.39. The smallest absolute Gasteiger partial charge is 0.238 e. The number of carbonyl (C=O) groups is 4. The highest BCUT2D eigenvalue weighted by atomic mass is 79.9. The van der Waals surface area contributed by atoms with E-state index in [4.69, 9.17) is 4.74 Å². The minimum Gasteiger partial charge on any atom is -0.504 e. The molecule has 4 aliphatic rings. The first-order valence-corrected chi connectivity index (χ1v) is 16.3. The average molecular weight is 708 g/mol. The summed E-state index contributed by atoms with van der Waals surface area (Å²) in [5, 5.41) is 19.8. The number of azo groups is 1. The van der Waals surface area contributed by atoms with Crippen molar-refractivity contribution in [2.45, 2.75) is 18.8 Å². The van der Waals surface area contributed by atoms with Crippen molar-refractivity contribution in [2.24, 2.45) is 28.0 Å². The SMILES string of the molecule is COc1cccc([C@H]2C3=CC[C@@H]4C(=O)N(c5ccc(N=Nc6ccc(N(C)C)cc6)cc5)C(=O)[C@@H]4[C@@H]3CC3=C2C(=O)C=C(Br)C3=O)c1O. The molecular weight excluding hydrogens is 676 g/mol. The lowest BCUT2D eigenvalue weighted by Gasteiger charge is -2.42. The second-order valence-corrected chi connectivity index (χ2v) is 13.3. The Balaban J connectivity index is 1.21. The summed E-state index contributed by atoms with van der Waals surface area (Å²) in [6, 6.07) is 19.4. The van der Waals surface area contributed by atoms with Gasteiger partial charge < -0.3 is 14.7 Å². The van der Waals surface area contributed by atoms with Crippen molar-refractivity contribution in [3.05, 3.63) is 106 Å². The molecule has 0 bridgehead atoms. The van der Waals surface area contributed by atoms with Gasteiger partial charge in [-0.1, -0.05) is 23.8 Å². The number of halogens is 1. The van der Waals surface area contributed by atoms with Crippen molar-refractivity contribution in [1.82, 2.24) is 0 Å². The minimum absolute atomic E-state index is 0.124. The summed E-state index contributed by atoms with van der Waals surface area (Å²) >= 11 is 3.24. The van der Waals surface area contributed by atoms with Gasteiger partial charge in [0, 0.05) is 48.5 Å². The summed E-state index contributed by atoms with van der Waals surface area (Å²) in [5.41, 5.74) is 4.41. The summed E-state index contributed by atoms with van der Waals surface area (Å²) in [6.45, 7) is 0. The van der Waals surface area contributed by atoms with Gasteiger partial charge in [0.25, 0.3) is 0 Å². The Morgan fingerprint density at radius 3 is 2.21 bits per heavy atom. The van der Waals surface area contributed by atoms with Crippen molar-refractivity contribution >= 4 is 62.1 Å². The molecule has 1 saturated heterocycles. The van der Waals surface area contributed by atoms with E-state index in [1.807, 2.05) is 49.3 Å². The largest absolute Gasteiger partial charge is 0.504 e. The molecule has 1 aliphatic heterocycles. The molecule has 0 saturated carbocycles. The maximum Gasteiger partial charge on any atom is 0.238 e. The number of ketones is 2. The quantitative estimate of drug-likeness (QED) is 0.129. The Kier molecular flexibility index (Phi) is 7.95. The van der Waals surface area contributed by atoms with Gasteiger partial charge in [-0.15, -0.1) is 0 Å². The van der Waals surface area contributed by atoms with Crippen molar-refractivity contribution < 1.29 is 29.0 Å². The van der Waals surface area contributed by atoms with Gasteiger partial charge in [-0.25, -0.2) is 0 Å². The van der Waals surface area contributed by atoms with E-state index < -0.39 is 23.7 Å². The van der Waals surface area contributed by atoms with Crippen LogP contribution in [0.4, 0.5) is 22.7 Å². The summed E-state index contributed by atoms with van der Waals surface area (Å²) in [7, 11) is 5.36. The number of methoxy groups -OCH3 is 1. The van der Waals surface area contributed by atoms with Crippen LogP contribution >= 0.6 is 15.9 Å². The fourth-order valence-electron chi connectivity index (χ4n) is 7.35. The number of aromatic hydroxyl groups is 1. The zero-order valence-corrected chi connectivity index (χ0v) is 28.0. The number of ether oxygens (including phenoxy) is 1. The molecule has 1 fully saturated rings. The number of fused-ring (bicyclic) bond motifs is 3. The maximum atomic E-state index is 14.2. The number of allylic oxidation sites excluding steroid dienone is 6. The van der Waals surface area contributed by atoms with Crippen LogP contribution in [0.15, 0.2) is 110 Å². The standard InChI is InChI=1S/C37H31BrN4O6/c1-41(2)21-11-7-19(8-12-21)39-40-20-9-13-22(14-10-20)42-36(46)25-16-15-23-26(32(25)37(42)47)17-27-33(29(43)18-28(38)34(27)44)31(23)24-5-4-6-30(48-3)35(24)45/h4-15,18,25-26,31-32,45H,16-17H2,1-3H3/t25-,26+,31+,32-/m0/s1. The van der Waals surface area contributed by atoms with E-state index in [9.17, 15) is 24.3 Å². The van der Waals surface area contributed by atoms with Crippen LogP contribution in [0.5, 0.6) is 11.5 Å². The van der Waals surface area contributed by atoms with Gasteiger partial charge in [-0.2, -0.15) is 10.2 Å². The number of amides is 2. The van der Waals surface area contributed by atoms with Gasteiger partial charge in [-0.05, 0) is 89.3 Å². The van der Waals surface area contributed by atoms with E-state index in [2.05, 4.69) is 26.2 Å². The molecule has 3 aliphatic carbocycles. The van der Waals surface area contributed by atoms with Crippen LogP contribution in [0.2, 0.25) is 0 Å². The molecule has 0 unspecified atom stereocenters. The number of nitrogens with zero attached hydrogens (tertiary/aromatic N) is 4. The molecule has 0 spiro atoms. The normalized spacial score (nSPS) is 23.5. The number of carbonyl (C=O) groups excluding carboxylic acids is 4. The zero-order valence-electron chi connectivity index (χ0n) is 26.4. The number of hydrogen-bond acceptors (Lipinski definition) is 9. The number of phenolic OH excluding ortho intramolecular Hbond substituents is 1. The molecule has 4 atom stereocenters. The van der Waals surface area contributed by atoms with Crippen LogP contribution in [0.25, 0.3) is 0 Å². The van der Waals surface area contributed by atoms with Gasteiger partial charge in [0.2, 0.25) is 11.8 Å². The number of benzene rings is 3. The molecule has 1 heterocycles. The van der Waals surface area contributed by atoms with Gasteiger partial charge in [-0.3, -0.25) is 24.1 Å². The van der Waals surface area contributed by atoms with Crippen molar-refractivity contribution in [3.63, 3.8) is 0 Å². The first kappa shape index (κ1) is 31.4. The fraction of sp³-hybridized carbons (Fsp3) is 0.243. The van der Waals surface area contributed by atoms with Crippen molar-refractivity contribution in [3.8, 4) is 11.5 Å². The van der Waals surface area contributed by atoms with E-state index >= 15 is 0 Å². The highest BCUT2D eigenvalue weighted by Gasteiger charge is 2.57. The summed E-state index contributed by atoms with van der Waals surface area (Å²) in [5.74, 6) is -4.00. The van der Waals surface area contributed by atoms with E-state index in [0.29, 0.717) is 22.6 Å². The monoisotopic (exact) mass is 706 g/mol. The number of hydrogen-bond donors (Lipinski definition) is 1. The predicted octanol–water partition coefficient (Wildman–Crippen LogP) is 6.85. The number of para-hydroxylation sites is 1. The molecule has 0 radical (unpaired) electrons. The molecule has 3 aromatic rings. The van der Waals surface area contributed by atoms with Crippen LogP contribution in [-0.4, -0.2) is 49.7 Å². The number of imide groups is 1. The highest BCUT2D eigenvalue weighted by Crippen LogP contribution is 2.57. The Bertz CT molecular complexity index is 2010. The Morgan fingerprint density at radius 2 is 1.56 bits per heavy atom. The van der Waals surface area contributed by atoms with Gasteiger partial charge >= 0.3 is 0 Å². The Labute approximate surface area is 285 Å². The van der Waals surface area contributed by atoms with Gasteiger partial charge in [0.05, 0.1) is 40.5 Å². The number of rotatable bonds is 6. The van der Waals surface area contributed by atoms with Crippen molar-refractivity contribution in [1.29, 1.82) is 0 Å². The maximum absolute atomic E-state index is 14.2. The van der Waals surface area contributed by atoms with Crippen molar-refractivity contribution in [2.75, 3.05) is 31.0 Å². The molecule has 3 aromatic carbocycles.